The van der Waals surface area contributed by atoms with Crippen molar-refractivity contribution in [3.63, 3.8) is 0 Å². The number of rotatable bonds is 8. The van der Waals surface area contributed by atoms with Gasteiger partial charge in [0.1, 0.15) is 6.04 Å². The van der Waals surface area contributed by atoms with Gasteiger partial charge in [0, 0.05) is 14.1 Å². The quantitative estimate of drug-likeness (QED) is 0.639. The van der Waals surface area contributed by atoms with Crippen LogP contribution in [-0.4, -0.2) is 61.9 Å². The van der Waals surface area contributed by atoms with Gasteiger partial charge in [0.15, 0.2) is 6.61 Å². The maximum Gasteiger partial charge on any atom is 0.329 e. The van der Waals surface area contributed by atoms with Gasteiger partial charge in [-0.3, -0.25) is 14.4 Å². The molecule has 9 heteroatoms. The van der Waals surface area contributed by atoms with E-state index in [1.165, 1.54) is 16.2 Å². The molecule has 0 unspecified atom stereocenters. The second-order valence-corrected chi connectivity index (χ2v) is 6.79. The van der Waals surface area contributed by atoms with Gasteiger partial charge in [0.05, 0.1) is 11.4 Å². The number of carbonyl (C=O) groups is 4. The summed E-state index contributed by atoms with van der Waals surface area (Å²) in [6.07, 6.45) is 0. The molecule has 1 aromatic rings. The van der Waals surface area contributed by atoms with Gasteiger partial charge in [-0.25, -0.2) is 4.79 Å². The summed E-state index contributed by atoms with van der Waals surface area (Å²) in [6, 6.07) is 2.52. The van der Waals surface area contributed by atoms with Crippen LogP contribution < -0.4 is 10.6 Å². The summed E-state index contributed by atoms with van der Waals surface area (Å²) in [5.74, 6) is -2.14. The molecule has 1 rings (SSSR count). The van der Waals surface area contributed by atoms with Gasteiger partial charge in [-0.15, -0.1) is 11.3 Å². The van der Waals surface area contributed by atoms with E-state index in [0.717, 1.165) is 0 Å². The number of carbonyl (C=O) groups excluding carboxylic acids is 4. The number of ether oxygens (including phenoxy) is 1. The van der Waals surface area contributed by atoms with Crippen LogP contribution in [0.15, 0.2) is 17.5 Å². The summed E-state index contributed by atoms with van der Waals surface area (Å²) >= 11 is 1.26. The third-order valence-electron chi connectivity index (χ3n) is 3.23. The number of likely N-dealkylation sites (N-methyl/N-ethyl adjacent to an activating group) is 1. The van der Waals surface area contributed by atoms with Gasteiger partial charge in [-0.1, -0.05) is 19.9 Å². The topological polar surface area (TPSA) is 105 Å². The van der Waals surface area contributed by atoms with E-state index in [9.17, 15) is 19.2 Å². The maximum atomic E-state index is 12.2. The van der Waals surface area contributed by atoms with Crippen molar-refractivity contribution in [2.45, 2.75) is 19.9 Å². The van der Waals surface area contributed by atoms with E-state index in [-0.39, 0.29) is 24.3 Å². The molecular weight excluding hydrogens is 346 g/mol. The summed E-state index contributed by atoms with van der Waals surface area (Å²) in [7, 11) is 3.13. The number of nitrogens with zero attached hydrogens (tertiary/aromatic N) is 1. The number of thiophene rings is 1. The van der Waals surface area contributed by atoms with E-state index in [1.54, 1.807) is 45.5 Å². The third-order valence-corrected chi connectivity index (χ3v) is 4.10. The number of hydrogen-bond acceptors (Lipinski definition) is 6. The van der Waals surface area contributed by atoms with Crippen molar-refractivity contribution in [1.29, 1.82) is 0 Å². The lowest BCUT2D eigenvalue weighted by Gasteiger charge is -2.20. The second-order valence-electron chi connectivity index (χ2n) is 5.85. The van der Waals surface area contributed by atoms with E-state index >= 15 is 0 Å². The van der Waals surface area contributed by atoms with Crippen LogP contribution >= 0.6 is 11.3 Å². The van der Waals surface area contributed by atoms with Gasteiger partial charge < -0.3 is 20.3 Å². The number of nitrogens with one attached hydrogen (secondary N) is 2. The molecule has 2 N–H and O–H groups in total. The van der Waals surface area contributed by atoms with Crippen LogP contribution in [0.5, 0.6) is 0 Å². The van der Waals surface area contributed by atoms with E-state index < -0.39 is 24.5 Å². The summed E-state index contributed by atoms with van der Waals surface area (Å²) in [5, 5.41) is 6.73. The minimum absolute atomic E-state index is 0.174. The van der Waals surface area contributed by atoms with Crippen molar-refractivity contribution in [1.82, 2.24) is 15.5 Å². The molecule has 0 saturated heterocycles. The van der Waals surface area contributed by atoms with Gasteiger partial charge in [0.25, 0.3) is 11.8 Å². The molecule has 8 nitrogen and oxygen atoms in total. The van der Waals surface area contributed by atoms with Crippen LogP contribution in [0.1, 0.15) is 23.5 Å². The second kappa shape index (κ2) is 9.77. The normalized spacial score (nSPS) is 11.6. The van der Waals surface area contributed by atoms with Crippen LogP contribution in [0.3, 0.4) is 0 Å². The lowest BCUT2D eigenvalue weighted by atomic mass is 10.0. The van der Waals surface area contributed by atoms with Gasteiger partial charge in [0.2, 0.25) is 5.91 Å². The monoisotopic (exact) mass is 369 g/mol. The highest BCUT2D eigenvalue weighted by Crippen LogP contribution is 2.11. The van der Waals surface area contributed by atoms with Crippen LogP contribution in [0.4, 0.5) is 0 Å². The minimum Gasteiger partial charge on any atom is -0.454 e. The molecule has 3 amide bonds. The highest BCUT2D eigenvalue weighted by Gasteiger charge is 2.27. The SMILES string of the molecule is CC(C)[C@@H](NC(=O)c1cccs1)C(=O)OCC(=O)NCC(=O)N(C)C. The zero-order chi connectivity index (χ0) is 19.0. The first-order valence-electron chi connectivity index (χ1n) is 7.70. The Kier molecular flexibility index (Phi) is 8.06. The van der Waals surface area contributed by atoms with Crippen molar-refractivity contribution in [3.05, 3.63) is 22.4 Å². The van der Waals surface area contributed by atoms with E-state index in [0.29, 0.717) is 4.88 Å². The highest BCUT2D eigenvalue weighted by molar-refractivity contribution is 7.12. The zero-order valence-corrected chi connectivity index (χ0v) is 15.5. The molecule has 0 aliphatic carbocycles. The molecule has 0 aromatic carbocycles. The Labute approximate surface area is 150 Å². The smallest absolute Gasteiger partial charge is 0.329 e. The molecule has 0 radical (unpaired) electrons. The Balaban J connectivity index is 2.49. The van der Waals surface area contributed by atoms with Crippen molar-refractivity contribution in [2.24, 2.45) is 5.92 Å². The predicted octanol–water partition coefficient (Wildman–Crippen LogP) is 0.250. The molecule has 0 aliphatic rings. The van der Waals surface area contributed by atoms with Crippen molar-refractivity contribution >= 4 is 35.0 Å². The largest absolute Gasteiger partial charge is 0.454 e. The van der Waals surface area contributed by atoms with E-state index in [2.05, 4.69) is 10.6 Å². The van der Waals surface area contributed by atoms with Gasteiger partial charge >= 0.3 is 5.97 Å². The van der Waals surface area contributed by atoms with Gasteiger partial charge in [-0.2, -0.15) is 0 Å². The molecule has 0 aliphatic heterocycles. The fourth-order valence-corrected chi connectivity index (χ4v) is 2.35. The van der Waals surface area contributed by atoms with Crippen LogP contribution in [-0.2, 0) is 19.1 Å². The predicted molar refractivity (Wildman–Crippen MR) is 93.1 cm³/mol. The molecule has 1 aromatic heterocycles. The fraction of sp³-hybridized carbons (Fsp3) is 0.500. The lowest BCUT2D eigenvalue weighted by molar-refractivity contribution is -0.151. The standard InChI is InChI=1S/C16H23N3O5S/c1-10(2)14(18-15(22)11-6-5-7-25-11)16(23)24-9-12(20)17-8-13(21)19(3)4/h5-7,10,14H,8-9H2,1-4H3,(H,17,20)(H,18,22)/t14-/m1/s1. The molecular formula is C16H23N3O5S. The van der Waals surface area contributed by atoms with Crippen LogP contribution in [0.2, 0.25) is 0 Å². The van der Waals surface area contributed by atoms with Crippen molar-refractivity contribution < 1.29 is 23.9 Å². The van der Waals surface area contributed by atoms with Gasteiger partial charge in [-0.05, 0) is 17.4 Å². The van der Waals surface area contributed by atoms with Crippen molar-refractivity contribution in [2.75, 3.05) is 27.2 Å². The molecule has 0 fully saturated rings. The molecule has 1 atom stereocenters. The number of amides is 3. The van der Waals surface area contributed by atoms with Crippen LogP contribution in [0.25, 0.3) is 0 Å². The average Bonchev–Trinajstić information content (AvgIpc) is 3.09. The molecule has 1 heterocycles. The molecule has 0 saturated carbocycles. The minimum atomic E-state index is -0.870. The molecule has 0 spiro atoms. The van der Waals surface area contributed by atoms with E-state index in [4.69, 9.17) is 4.74 Å². The fourth-order valence-electron chi connectivity index (χ4n) is 1.73. The molecule has 0 bridgehead atoms. The Morgan fingerprint density at radius 2 is 1.92 bits per heavy atom. The molecule has 138 valence electrons. The summed E-state index contributed by atoms with van der Waals surface area (Å²) < 4.78 is 4.95. The average molecular weight is 369 g/mol. The Morgan fingerprint density at radius 3 is 2.44 bits per heavy atom. The summed E-state index contributed by atoms with van der Waals surface area (Å²) in [6.45, 7) is 2.83. The lowest BCUT2D eigenvalue weighted by Crippen LogP contribution is -2.46. The Hall–Kier alpha value is -2.42. The first-order valence-corrected chi connectivity index (χ1v) is 8.58. The van der Waals surface area contributed by atoms with Crippen molar-refractivity contribution in [3.8, 4) is 0 Å². The number of hydrogen-bond donors (Lipinski definition) is 2. The zero-order valence-electron chi connectivity index (χ0n) is 14.7. The Morgan fingerprint density at radius 1 is 1.24 bits per heavy atom. The number of esters is 1. The first-order chi connectivity index (χ1) is 11.7. The van der Waals surface area contributed by atoms with E-state index in [1.807, 2.05) is 0 Å². The Bertz CT molecular complexity index is 613. The third kappa shape index (κ3) is 6.92. The summed E-state index contributed by atoms with van der Waals surface area (Å²) in [4.78, 5) is 49.1. The molecule has 25 heavy (non-hydrogen) atoms. The summed E-state index contributed by atoms with van der Waals surface area (Å²) in [5.41, 5.74) is 0. The highest BCUT2D eigenvalue weighted by atomic mass is 32.1. The first kappa shape index (κ1) is 20.6. The van der Waals surface area contributed by atoms with Crippen LogP contribution in [0, 0.1) is 5.92 Å². The maximum absolute atomic E-state index is 12.2.